The van der Waals surface area contributed by atoms with E-state index in [2.05, 4.69) is 44.4 Å². The average molecular weight is 378 g/mol. The van der Waals surface area contributed by atoms with E-state index in [0.29, 0.717) is 11.4 Å². The summed E-state index contributed by atoms with van der Waals surface area (Å²) in [6.07, 6.45) is 0. The molecule has 28 heavy (non-hydrogen) atoms. The fraction of sp³-hybridized carbons (Fsp3) is 0.333. The first-order valence-corrected chi connectivity index (χ1v) is 9.71. The van der Waals surface area contributed by atoms with Crippen LogP contribution in [0.2, 0.25) is 0 Å². The van der Waals surface area contributed by atoms with Crippen molar-refractivity contribution in [1.29, 1.82) is 0 Å². The summed E-state index contributed by atoms with van der Waals surface area (Å²) in [5, 5.41) is 10.7. The van der Waals surface area contributed by atoms with Crippen molar-refractivity contribution in [3.8, 4) is 0 Å². The number of hydrogen-bond acceptors (Lipinski definition) is 5. The van der Waals surface area contributed by atoms with Crippen molar-refractivity contribution in [3.05, 3.63) is 53.7 Å². The number of H-pyrrole nitrogens is 1. The van der Waals surface area contributed by atoms with E-state index in [1.807, 2.05) is 18.2 Å². The Bertz CT molecular complexity index is 957. The zero-order valence-corrected chi connectivity index (χ0v) is 16.1. The van der Waals surface area contributed by atoms with Gasteiger partial charge in [0.05, 0.1) is 5.52 Å². The number of nitrogen functional groups attached to an aromatic ring is 1. The number of aromatic nitrogens is 2. The van der Waals surface area contributed by atoms with Gasteiger partial charge in [-0.25, -0.2) is 0 Å². The number of nitrogens with two attached hydrogens (primary N) is 1. The van der Waals surface area contributed by atoms with Crippen LogP contribution in [0, 0.1) is 0 Å². The quantitative estimate of drug-likeness (QED) is 0.594. The lowest BCUT2D eigenvalue weighted by Gasteiger charge is -2.34. The van der Waals surface area contributed by atoms with Crippen LogP contribution in [0.3, 0.4) is 0 Å². The predicted molar refractivity (Wildman–Crippen MR) is 112 cm³/mol. The van der Waals surface area contributed by atoms with E-state index in [4.69, 9.17) is 5.73 Å². The molecule has 0 radical (unpaired) electrons. The van der Waals surface area contributed by atoms with Crippen LogP contribution in [0.5, 0.6) is 0 Å². The van der Waals surface area contributed by atoms with Crippen LogP contribution in [0.4, 0.5) is 11.4 Å². The second-order valence-corrected chi connectivity index (χ2v) is 7.24. The minimum Gasteiger partial charge on any atom is -0.399 e. The highest BCUT2D eigenvalue weighted by atomic mass is 16.1. The molecule has 2 heterocycles. The maximum atomic E-state index is 12.6. The van der Waals surface area contributed by atoms with Gasteiger partial charge in [-0.2, -0.15) is 5.10 Å². The third-order valence-electron chi connectivity index (χ3n) is 5.33. The molecule has 7 heteroatoms. The largest absolute Gasteiger partial charge is 0.399 e. The Kier molecular flexibility index (Phi) is 5.27. The lowest BCUT2D eigenvalue weighted by Crippen LogP contribution is -2.45. The first-order valence-electron chi connectivity index (χ1n) is 9.71. The Morgan fingerprint density at radius 1 is 1.11 bits per heavy atom. The van der Waals surface area contributed by atoms with Gasteiger partial charge in [0, 0.05) is 49.5 Å². The molecule has 0 spiro atoms. The predicted octanol–water partition coefficient (Wildman–Crippen LogP) is 2.53. The second kappa shape index (κ2) is 8.00. The molecule has 4 rings (SSSR count). The first kappa shape index (κ1) is 18.5. The number of carbonyl (C=O) groups is 1. The topological polar surface area (TPSA) is 90.3 Å². The fourth-order valence-electron chi connectivity index (χ4n) is 3.62. The van der Waals surface area contributed by atoms with Crippen molar-refractivity contribution in [3.63, 3.8) is 0 Å². The van der Waals surface area contributed by atoms with E-state index in [-0.39, 0.29) is 5.91 Å². The number of rotatable bonds is 5. The van der Waals surface area contributed by atoms with E-state index in [9.17, 15) is 4.79 Å². The highest BCUT2D eigenvalue weighted by Crippen LogP contribution is 2.20. The number of carbonyl (C=O) groups excluding carboxylic acids is 1. The van der Waals surface area contributed by atoms with E-state index in [1.165, 1.54) is 5.56 Å². The van der Waals surface area contributed by atoms with E-state index in [0.717, 1.165) is 55.9 Å². The lowest BCUT2D eigenvalue weighted by molar-refractivity contribution is 0.102. The highest BCUT2D eigenvalue weighted by Gasteiger charge is 2.16. The van der Waals surface area contributed by atoms with Gasteiger partial charge in [0.25, 0.3) is 5.91 Å². The van der Waals surface area contributed by atoms with Crippen molar-refractivity contribution in [2.24, 2.45) is 0 Å². The molecular formula is C21H26N6O. The number of nitrogens with zero attached hydrogens (tertiary/aromatic N) is 3. The molecule has 1 saturated heterocycles. The summed E-state index contributed by atoms with van der Waals surface area (Å²) in [5.41, 5.74) is 9.54. The van der Waals surface area contributed by atoms with Gasteiger partial charge in [0.1, 0.15) is 0 Å². The molecule has 1 aromatic heterocycles. The smallest absolute Gasteiger partial charge is 0.276 e. The Balaban J connectivity index is 1.38. The van der Waals surface area contributed by atoms with Crippen LogP contribution in [0.1, 0.15) is 23.0 Å². The maximum Gasteiger partial charge on any atom is 0.276 e. The molecule has 7 nitrogen and oxygen atoms in total. The zero-order valence-electron chi connectivity index (χ0n) is 16.1. The van der Waals surface area contributed by atoms with Gasteiger partial charge in [-0.3, -0.25) is 14.8 Å². The summed E-state index contributed by atoms with van der Waals surface area (Å²) in [6.45, 7) is 8.75. The van der Waals surface area contributed by atoms with Crippen LogP contribution in [0.25, 0.3) is 10.9 Å². The van der Waals surface area contributed by atoms with Crippen molar-refractivity contribution >= 4 is 28.2 Å². The zero-order chi connectivity index (χ0) is 19.5. The SMILES string of the molecule is CCN1CCN(Cc2ccc(NC(=O)c3n[nH]c4cc(N)ccc34)cc2)CC1. The van der Waals surface area contributed by atoms with E-state index < -0.39 is 0 Å². The molecule has 0 atom stereocenters. The van der Waals surface area contributed by atoms with Crippen molar-refractivity contribution < 1.29 is 4.79 Å². The van der Waals surface area contributed by atoms with E-state index in [1.54, 1.807) is 12.1 Å². The summed E-state index contributed by atoms with van der Waals surface area (Å²) >= 11 is 0. The Morgan fingerprint density at radius 2 is 1.82 bits per heavy atom. The number of fused-ring (bicyclic) bond motifs is 1. The standard InChI is InChI=1S/C21H26N6O/c1-2-26-9-11-27(12-10-26)14-15-3-6-17(7-4-15)23-21(28)20-18-8-5-16(22)13-19(18)24-25-20/h3-8,13H,2,9-12,14,22H2,1H3,(H,23,28)(H,24,25). The Morgan fingerprint density at radius 3 is 2.54 bits per heavy atom. The van der Waals surface area contributed by atoms with Crippen LogP contribution in [-0.4, -0.2) is 58.6 Å². The van der Waals surface area contributed by atoms with Crippen molar-refractivity contribution in [2.75, 3.05) is 43.8 Å². The molecule has 1 fully saturated rings. The van der Waals surface area contributed by atoms with Crippen LogP contribution < -0.4 is 11.1 Å². The maximum absolute atomic E-state index is 12.6. The monoisotopic (exact) mass is 378 g/mol. The number of benzene rings is 2. The molecule has 1 aliphatic rings. The normalized spacial score (nSPS) is 15.8. The summed E-state index contributed by atoms with van der Waals surface area (Å²) in [7, 11) is 0. The molecule has 1 aliphatic heterocycles. The van der Waals surface area contributed by atoms with Gasteiger partial charge in [0.15, 0.2) is 5.69 Å². The summed E-state index contributed by atoms with van der Waals surface area (Å²) in [4.78, 5) is 17.5. The van der Waals surface area contributed by atoms with Gasteiger partial charge in [-0.1, -0.05) is 19.1 Å². The van der Waals surface area contributed by atoms with Gasteiger partial charge >= 0.3 is 0 Å². The molecule has 2 aromatic carbocycles. The molecule has 0 saturated carbocycles. The number of hydrogen-bond donors (Lipinski definition) is 3. The number of likely N-dealkylation sites (N-methyl/N-ethyl adjacent to an activating group) is 1. The molecular weight excluding hydrogens is 352 g/mol. The molecule has 0 bridgehead atoms. The third-order valence-corrected chi connectivity index (χ3v) is 5.33. The summed E-state index contributed by atoms with van der Waals surface area (Å²) in [5.74, 6) is -0.237. The average Bonchev–Trinajstić information content (AvgIpc) is 3.13. The Hall–Kier alpha value is -2.90. The minimum absolute atomic E-state index is 0.237. The van der Waals surface area contributed by atoms with Gasteiger partial charge in [0.2, 0.25) is 0 Å². The highest BCUT2D eigenvalue weighted by molar-refractivity contribution is 6.11. The molecule has 4 N–H and O–H groups in total. The van der Waals surface area contributed by atoms with Gasteiger partial charge in [-0.05, 0) is 42.4 Å². The van der Waals surface area contributed by atoms with E-state index >= 15 is 0 Å². The summed E-state index contributed by atoms with van der Waals surface area (Å²) < 4.78 is 0. The second-order valence-electron chi connectivity index (χ2n) is 7.24. The Labute approximate surface area is 164 Å². The summed E-state index contributed by atoms with van der Waals surface area (Å²) in [6, 6.07) is 13.4. The van der Waals surface area contributed by atoms with Gasteiger partial charge < -0.3 is 16.0 Å². The molecule has 3 aromatic rings. The number of amides is 1. The number of aromatic amines is 1. The number of piperazine rings is 1. The van der Waals surface area contributed by atoms with Crippen molar-refractivity contribution in [1.82, 2.24) is 20.0 Å². The third kappa shape index (κ3) is 4.00. The van der Waals surface area contributed by atoms with Crippen LogP contribution in [0.15, 0.2) is 42.5 Å². The molecule has 1 amide bonds. The lowest BCUT2D eigenvalue weighted by atomic mass is 10.1. The van der Waals surface area contributed by atoms with Gasteiger partial charge in [-0.15, -0.1) is 0 Å². The number of nitrogens with one attached hydrogen (secondary N) is 2. The van der Waals surface area contributed by atoms with Crippen LogP contribution in [-0.2, 0) is 6.54 Å². The molecule has 0 aliphatic carbocycles. The van der Waals surface area contributed by atoms with Crippen molar-refractivity contribution in [2.45, 2.75) is 13.5 Å². The first-order chi connectivity index (χ1) is 13.6. The fourth-order valence-corrected chi connectivity index (χ4v) is 3.62. The number of anilines is 2. The molecule has 146 valence electrons. The minimum atomic E-state index is -0.237. The van der Waals surface area contributed by atoms with Crippen LogP contribution >= 0.6 is 0 Å². The molecule has 0 unspecified atom stereocenters.